The molecule has 0 heterocycles. The van der Waals surface area contributed by atoms with Gasteiger partial charge in [0.1, 0.15) is 16.4 Å². The van der Waals surface area contributed by atoms with Gasteiger partial charge in [-0.1, -0.05) is 12.1 Å². The summed E-state index contributed by atoms with van der Waals surface area (Å²) in [6.45, 7) is 6.61. The predicted molar refractivity (Wildman–Crippen MR) is 80.6 cm³/mol. The van der Waals surface area contributed by atoms with Crippen LogP contribution in [0.5, 0.6) is 11.5 Å². The second kappa shape index (κ2) is 5.07. The normalized spacial score (nSPS) is 11.6. The second-order valence-corrected chi connectivity index (χ2v) is 7.07. The maximum Gasteiger partial charge on any atom is 0.210 e. The molecular weight excluding hydrogens is 288 g/mol. The summed E-state index contributed by atoms with van der Waals surface area (Å²) in [7, 11) is -3.85. The van der Waals surface area contributed by atoms with Crippen molar-refractivity contribution in [2.45, 2.75) is 37.5 Å². The van der Waals surface area contributed by atoms with Crippen molar-refractivity contribution in [3.8, 4) is 11.5 Å². The SMILES string of the molecule is Cc1ccc(C)c(S(=O)(=O)c2ccc(O)c(C)c2C)c1O. The number of hydrogen-bond acceptors (Lipinski definition) is 4. The summed E-state index contributed by atoms with van der Waals surface area (Å²) in [6, 6.07) is 6.08. The molecule has 0 unspecified atom stereocenters. The fraction of sp³-hybridized carbons (Fsp3) is 0.250. The zero-order chi connectivity index (χ0) is 15.9. The molecule has 112 valence electrons. The first-order valence-corrected chi connectivity index (χ1v) is 7.99. The quantitative estimate of drug-likeness (QED) is 0.893. The van der Waals surface area contributed by atoms with Crippen molar-refractivity contribution in [3.63, 3.8) is 0 Å². The smallest absolute Gasteiger partial charge is 0.210 e. The van der Waals surface area contributed by atoms with E-state index in [1.807, 2.05) is 0 Å². The van der Waals surface area contributed by atoms with Crippen LogP contribution >= 0.6 is 0 Å². The zero-order valence-electron chi connectivity index (χ0n) is 12.4. The Morgan fingerprint density at radius 2 is 1.38 bits per heavy atom. The molecule has 0 fully saturated rings. The van der Waals surface area contributed by atoms with Crippen molar-refractivity contribution in [2.75, 3.05) is 0 Å². The van der Waals surface area contributed by atoms with Crippen LogP contribution in [0, 0.1) is 27.7 Å². The maximum absolute atomic E-state index is 12.9. The molecule has 0 aromatic heterocycles. The molecule has 2 aromatic carbocycles. The summed E-state index contributed by atoms with van der Waals surface area (Å²) in [5, 5.41) is 19.8. The summed E-state index contributed by atoms with van der Waals surface area (Å²) < 4.78 is 25.7. The minimum atomic E-state index is -3.85. The summed E-state index contributed by atoms with van der Waals surface area (Å²) in [5.41, 5.74) is 1.99. The number of rotatable bonds is 2. The number of phenolic OH excluding ortho intramolecular Hbond substituents is 2. The molecule has 0 spiro atoms. The molecule has 0 aliphatic carbocycles. The predicted octanol–water partition coefficient (Wildman–Crippen LogP) is 3.16. The van der Waals surface area contributed by atoms with Crippen LogP contribution in [0.15, 0.2) is 34.1 Å². The summed E-state index contributed by atoms with van der Waals surface area (Å²) in [4.78, 5) is 0.0255. The van der Waals surface area contributed by atoms with Crippen LogP contribution in [-0.4, -0.2) is 18.6 Å². The molecule has 2 aromatic rings. The monoisotopic (exact) mass is 306 g/mol. The Morgan fingerprint density at radius 1 is 0.810 bits per heavy atom. The van der Waals surface area contributed by atoms with Gasteiger partial charge in [-0.25, -0.2) is 8.42 Å². The van der Waals surface area contributed by atoms with E-state index in [-0.39, 0.29) is 21.3 Å². The zero-order valence-corrected chi connectivity index (χ0v) is 13.2. The molecule has 0 radical (unpaired) electrons. The van der Waals surface area contributed by atoms with E-state index < -0.39 is 9.84 Å². The Hall–Kier alpha value is -2.01. The number of benzene rings is 2. The molecule has 0 aliphatic rings. The Kier molecular flexibility index (Phi) is 3.72. The summed E-state index contributed by atoms with van der Waals surface area (Å²) >= 11 is 0. The fourth-order valence-corrected chi connectivity index (χ4v) is 4.22. The Balaban J connectivity index is 2.81. The van der Waals surface area contributed by atoms with E-state index in [0.717, 1.165) is 0 Å². The molecule has 0 bridgehead atoms. The first kappa shape index (κ1) is 15.4. The van der Waals surface area contributed by atoms with E-state index in [1.54, 1.807) is 39.8 Å². The first-order valence-electron chi connectivity index (χ1n) is 6.51. The standard InChI is InChI=1S/C16H18O4S/c1-9-5-6-10(2)16(15(9)18)21(19,20)14-8-7-13(17)11(3)12(14)4/h5-8,17-18H,1-4H3. The van der Waals surface area contributed by atoms with E-state index in [1.165, 1.54) is 12.1 Å². The fourth-order valence-electron chi connectivity index (χ4n) is 2.29. The minimum Gasteiger partial charge on any atom is -0.508 e. The molecular formula is C16H18O4S. The van der Waals surface area contributed by atoms with E-state index in [9.17, 15) is 18.6 Å². The largest absolute Gasteiger partial charge is 0.508 e. The van der Waals surface area contributed by atoms with Gasteiger partial charge in [-0.2, -0.15) is 0 Å². The highest BCUT2D eigenvalue weighted by molar-refractivity contribution is 7.91. The molecule has 0 aliphatic heterocycles. The molecule has 2 rings (SSSR count). The molecule has 2 N–H and O–H groups in total. The van der Waals surface area contributed by atoms with Gasteiger partial charge in [0.05, 0.1) is 4.90 Å². The lowest BCUT2D eigenvalue weighted by Crippen LogP contribution is -2.08. The number of phenols is 2. The lowest BCUT2D eigenvalue weighted by molar-refractivity contribution is 0.453. The average Bonchev–Trinajstić information content (AvgIpc) is 2.40. The van der Waals surface area contributed by atoms with Crippen LogP contribution in [0.25, 0.3) is 0 Å². The van der Waals surface area contributed by atoms with Crippen LogP contribution in [0.2, 0.25) is 0 Å². The topological polar surface area (TPSA) is 74.6 Å². The second-order valence-electron chi connectivity index (χ2n) is 5.21. The van der Waals surface area contributed by atoms with Crippen LogP contribution in [0.4, 0.5) is 0 Å². The average molecular weight is 306 g/mol. The number of sulfone groups is 1. The minimum absolute atomic E-state index is 0.0524. The molecule has 0 saturated heterocycles. The third kappa shape index (κ3) is 2.38. The molecule has 0 amide bonds. The van der Waals surface area contributed by atoms with Gasteiger partial charge in [0.2, 0.25) is 9.84 Å². The molecule has 21 heavy (non-hydrogen) atoms. The van der Waals surface area contributed by atoms with Crippen molar-refractivity contribution in [1.82, 2.24) is 0 Å². The third-order valence-corrected chi connectivity index (χ3v) is 5.87. The lowest BCUT2D eigenvalue weighted by Gasteiger charge is -2.15. The third-order valence-electron chi connectivity index (χ3n) is 3.80. The van der Waals surface area contributed by atoms with Gasteiger partial charge < -0.3 is 10.2 Å². The van der Waals surface area contributed by atoms with Crippen LogP contribution in [0.3, 0.4) is 0 Å². The molecule has 0 atom stereocenters. The summed E-state index contributed by atoms with van der Waals surface area (Å²) in [5.74, 6) is -0.170. The Bertz CT molecular complexity index is 821. The molecule has 5 heteroatoms. The van der Waals surface area contributed by atoms with Crippen molar-refractivity contribution in [2.24, 2.45) is 0 Å². The van der Waals surface area contributed by atoms with E-state index >= 15 is 0 Å². The van der Waals surface area contributed by atoms with Gasteiger partial charge in [-0.05, 0) is 62.1 Å². The maximum atomic E-state index is 12.9. The van der Waals surface area contributed by atoms with Crippen molar-refractivity contribution in [3.05, 3.63) is 46.5 Å². The van der Waals surface area contributed by atoms with Crippen LogP contribution < -0.4 is 0 Å². The Labute approximate surface area is 124 Å². The van der Waals surface area contributed by atoms with Gasteiger partial charge in [0.15, 0.2) is 0 Å². The van der Waals surface area contributed by atoms with Gasteiger partial charge in [-0.15, -0.1) is 0 Å². The van der Waals surface area contributed by atoms with Crippen molar-refractivity contribution < 1.29 is 18.6 Å². The van der Waals surface area contributed by atoms with E-state index in [4.69, 9.17) is 0 Å². The van der Waals surface area contributed by atoms with Gasteiger partial charge >= 0.3 is 0 Å². The van der Waals surface area contributed by atoms with Crippen molar-refractivity contribution in [1.29, 1.82) is 0 Å². The lowest BCUT2D eigenvalue weighted by atomic mass is 10.1. The number of aromatic hydroxyl groups is 2. The highest BCUT2D eigenvalue weighted by atomic mass is 32.2. The van der Waals surface area contributed by atoms with Gasteiger partial charge in [0.25, 0.3) is 0 Å². The van der Waals surface area contributed by atoms with Gasteiger partial charge in [0, 0.05) is 0 Å². The van der Waals surface area contributed by atoms with E-state index in [2.05, 4.69) is 0 Å². The van der Waals surface area contributed by atoms with E-state index in [0.29, 0.717) is 22.3 Å². The molecule has 4 nitrogen and oxygen atoms in total. The highest BCUT2D eigenvalue weighted by Crippen LogP contribution is 2.36. The van der Waals surface area contributed by atoms with Crippen LogP contribution in [-0.2, 0) is 9.84 Å². The highest BCUT2D eigenvalue weighted by Gasteiger charge is 2.27. The Morgan fingerprint density at radius 3 is 2.00 bits per heavy atom. The molecule has 0 saturated carbocycles. The van der Waals surface area contributed by atoms with Gasteiger partial charge in [-0.3, -0.25) is 0 Å². The number of aryl methyl sites for hydroxylation is 2. The number of hydrogen-bond donors (Lipinski definition) is 2. The van der Waals surface area contributed by atoms with Crippen LogP contribution in [0.1, 0.15) is 22.3 Å². The first-order chi connectivity index (χ1) is 9.67. The summed E-state index contributed by atoms with van der Waals surface area (Å²) in [6.07, 6.45) is 0. The van der Waals surface area contributed by atoms with Crippen molar-refractivity contribution >= 4 is 9.84 Å².